The van der Waals surface area contributed by atoms with Gasteiger partial charge >= 0.3 is 5.97 Å². The molecule has 0 radical (unpaired) electrons. The van der Waals surface area contributed by atoms with Crippen LogP contribution in [0.3, 0.4) is 0 Å². The highest BCUT2D eigenvalue weighted by atomic mass is 16.5. The van der Waals surface area contributed by atoms with E-state index in [2.05, 4.69) is 11.6 Å². The molecule has 0 spiro atoms. The number of nitriles is 1. The monoisotopic (exact) mass is 297 g/mol. The third kappa shape index (κ3) is 2.99. The summed E-state index contributed by atoms with van der Waals surface area (Å²) in [5, 5.41) is 18.0. The number of aliphatic carboxylic acids is 1. The van der Waals surface area contributed by atoms with Gasteiger partial charge in [-0.15, -0.1) is 6.58 Å². The Bertz CT molecular complexity index is 797. The van der Waals surface area contributed by atoms with Crippen molar-refractivity contribution in [3.8, 4) is 11.9 Å². The Morgan fingerprint density at radius 1 is 1.64 bits per heavy atom. The van der Waals surface area contributed by atoms with Gasteiger partial charge in [0.15, 0.2) is 0 Å². The highest BCUT2D eigenvalue weighted by Crippen LogP contribution is 2.24. The van der Waals surface area contributed by atoms with Gasteiger partial charge in [-0.3, -0.25) is 4.40 Å². The van der Waals surface area contributed by atoms with Gasteiger partial charge in [0.25, 0.3) is 0 Å². The summed E-state index contributed by atoms with van der Waals surface area (Å²) in [6, 6.07) is 5.38. The summed E-state index contributed by atoms with van der Waals surface area (Å²) >= 11 is 0. The van der Waals surface area contributed by atoms with Crippen molar-refractivity contribution in [2.75, 3.05) is 6.61 Å². The van der Waals surface area contributed by atoms with Crippen LogP contribution in [0.15, 0.2) is 36.6 Å². The second kappa shape index (κ2) is 6.59. The normalized spacial score (nSPS) is 11.2. The standard InChI is InChI=1S/C16H15N3O3/c1-3-4-8-22-15-13(9-12(10-17)16(20)21)19-7-5-6-11(2)14(19)18-15/h3,5-7,9H,1,4,8H2,2H3,(H,20,21)/b12-9+. The number of aryl methyl sites for hydroxylation is 1. The lowest BCUT2D eigenvalue weighted by Gasteiger charge is -2.03. The van der Waals surface area contributed by atoms with Gasteiger partial charge in [-0.2, -0.15) is 10.2 Å². The van der Waals surface area contributed by atoms with Crippen molar-refractivity contribution >= 4 is 17.7 Å². The van der Waals surface area contributed by atoms with Crippen molar-refractivity contribution < 1.29 is 14.6 Å². The third-order valence-electron chi connectivity index (χ3n) is 3.04. The molecule has 0 fully saturated rings. The topological polar surface area (TPSA) is 87.6 Å². The largest absolute Gasteiger partial charge is 0.477 e. The van der Waals surface area contributed by atoms with Gasteiger partial charge in [-0.1, -0.05) is 12.1 Å². The fourth-order valence-corrected chi connectivity index (χ4v) is 1.96. The van der Waals surface area contributed by atoms with Gasteiger partial charge in [-0.05, 0) is 31.1 Å². The molecule has 0 bridgehead atoms. The number of fused-ring (bicyclic) bond motifs is 1. The number of carboxylic acids is 1. The molecule has 0 aliphatic rings. The number of hydrogen-bond acceptors (Lipinski definition) is 4. The molecule has 112 valence electrons. The molecule has 2 heterocycles. The first kappa shape index (κ1) is 15.3. The van der Waals surface area contributed by atoms with Crippen molar-refractivity contribution in [3.05, 3.63) is 47.8 Å². The van der Waals surface area contributed by atoms with Crippen molar-refractivity contribution in [1.29, 1.82) is 5.26 Å². The molecule has 22 heavy (non-hydrogen) atoms. The first-order valence-electron chi connectivity index (χ1n) is 6.65. The average Bonchev–Trinajstić information content (AvgIpc) is 2.84. The van der Waals surface area contributed by atoms with E-state index < -0.39 is 5.97 Å². The van der Waals surface area contributed by atoms with Crippen LogP contribution in [0.2, 0.25) is 0 Å². The van der Waals surface area contributed by atoms with Crippen LogP contribution in [0, 0.1) is 18.3 Å². The molecule has 0 atom stereocenters. The molecule has 1 N–H and O–H groups in total. The predicted molar refractivity (Wildman–Crippen MR) is 81.5 cm³/mol. The Labute approximate surface area is 127 Å². The first-order chi connectivity index (χ1) is 10.6. The quantitative estimate of drug-likeness (QED) is 0.383. The number of carboxylic acid groups (broad SMARTS) is 1. The molecule has 0 saturated heterocycles. The van der Waals surface area contributed by atoms with Crippen molar-refractivity contribution in [2.45, 2.75) is 13.3 Å². The van der Waals surface area contributed by atoms with Crippen LogP contribution < -0.4 is 4.74 Å². The predicted octanol–water partition coefficient (Wildman–Crippen LogP) is 2.59. The zero-order chi connectivity index (χ0) is 16.1. The molecule has 0 aliphatic carbocycles. The van der Waals surface area contributed by atoms with E-state index >= 15 is 0 Å². The smallest absolute Gasteiger partial charge is 0.346 e. The SMILES string of the molecule is C=CCCOc1nc2c(C)cccn2c1/C=C(\C#N)C(=O)O. The van der Waals surface area contributed by atoms with E-state index in [9.17, 15) is 4.79 Å². The summed E-state index contributed by atoms with van der Waals surface area (Å²) in [4.78, 5) is 15.4. The van der Waals surface area contributed by atoms with Crippen LogP contribution in [0.5, 0.6) is 5.88 Å². The summed E-state index contributed by atoms with van der Waals surface area (Å²) in [6.45, 7) is 5.89. The molecule has 0 saturated carbocycles. The van der Waals surface area contributed by atoms with Gasteiger partial charge < -0.3 is 9.84 Å². The van der Waals surface area contributed by atoms with E-state index in [4.69, 9.17) is 15.1 Å². The minimum Gasteiger partial charge on any atom is -0.477 e. The third-order valence-corrected chi connectivity index (χ3v) is 3.04. The number of imidazole rings is 1. The fraction of sp³-hybridized carbons (Fsp3) is 0.188. The molecule has 2 aromatic heterocycles. The van der Waals surface area contributed by atoms with Crippen LogP contribution in [-0.4, -0.2) is 27.1 Å². The lowest BCUT2D eigenvalue weighted by atomic mass is 10.2. The van der Waals surface area contributed by atoms with Gasteiger partial charge in [0.05, 0.1) is 6.61 Å². The van der Waals surface area contributed by atoms with Gasteiger partial charge in [0.1, 0.15) is 23.0 Å². The highest BCUT2D eigenvalue weighted by Gasteiger charge is 2.16. The summed E-state index contributed by atoms with van der Waals surface area (Å²) in [6.07, 6.45) is 5.37. The second-order valence-electron chi connectivity index (χ2n) is 4.59. The number of aromatic nitrogens is 2. The summed E-state index contributed by atoms with van der Waals surface area (Å²) < 4.78 is 7.30. The minimum absolute atomic E-state index is 0.296. The number of carbonyl (C=O) groups is 1. The first-order valence-corrected chi connectivity index (χ1v) is 6.65. The van der Waals surface area contributed by atoms with Crippen molar-refractivity contribution in [3.63, 3.8) is 0 Å². The van der Waals surface area contributed by atoms with Gasteiger partial charge in [0, 0.05) is 6.20 Å². The van der Waals surface area contributed by atoms with Crippen LogP contribution in [-0.2, 0) is 4.79 Å². The maximum atomic E-state index is 11.1. The Hall–Kier alpha value is -3.07. The molecule has 2 aromatic rings. The number of nitrogens with zero attached hydrogens (tertiary/aromatic N) is 3. The maximum Gasteiger partial charge on any atom is 0.346 e. The second-order valence-corrected chi connectivity index (χ2v) is 4.59. The molecular formula is C16H15N3O3. The van der Waals surface area contributed by atoms with E-state index in [0.29, 0.717) is 30.2 Å². The highest BCUT2D eigenvalue weighted by molar-refractivity contribution is 5.96. The number of pyridine rings is 1. The Balaban J connectivity index is 2.60. The number of rotatable bonds is 6. The van der Waals surface area contributed by atoms with Gasteiger partial charge in [0.2, 0.25) is 5.88 Å². The molecular weight excluding hydrogens is 282 g/mol. The van der Waals surface area contributed by atoms with Crippen LogP contribution in [0.4, 0.5) is 0 Å². The average molecular weight is 297 g/mol. The van der Waals surface area contributed by atoms with Crippen molar-refractivity contribution in [2.24, 2.45) is 0 Å². The Kier molecular flexibility index (Phi) is 4.59. The molecule has 2 rings (SSSR count). The molecule has 0 aromatic carbocycles. The lowest BCUT2D eigenvalue weighted by Crippen LogP contribution is -2.01. The van der Waals surface area contributed by atoms with E-state index in [0.717, 1.165) is 5.56 Å². The zero-order valence-electron chi connectivity index (χ0n) is 12.1. The Morgan fingerprint density at radius 3 is 3.05 bits per heavy atom. The Morgan fingerprint density at radius 2 is 2.41 bits per heavy atom. The molecule has 0 aliphatic heterocycles. The number of ether oxygens (including phenoxy) is 1. The van der Waals surface area contributed by atoms with E-state index in [1.54, 1.807) is 22.7 Å². The number of hydrogen-bond donors (Lipinski definition) is 1. The van der Waals surface area contributed by atoms with E-state index in [1.165, 1.54) is 6.08 Å². The van der Waals surface area contributed by atoms with E-state index in [1.807, 2.05) is 19.1 Å². The fourth-order valence-electron chi connectivity index (χ4n) is 1.96. The summed E-state index contributed by atoms with van der Waals surface area (Å²) in [5.41, 5.74) is 1.63. The molecule has 6 heteroatoms. The van der Waals surface area contributed by atoms with Gasteiger partial charge in [-0.25, -0.2) is 4.79 Å². The summed E-state index contributed by atoms with van der Waals surface area (Å²) in [7, 11) is 0. The minimum atomic E-state index is -1.29. The van der Waals surface area contributed by atoms with Crippen LogP contribution >= 0.6 is 0 Å². The maximum absolute atomic E-state index is 11.1. The van der Waals surface area contributed by atoms with E-state index in [-0.39, 0.29) is 5.57 Å². The van der Waals surface area contributed by atoms with Crippen LogP contribution in [0.1, 0.15) is 17.7 Å². The summed E-state index contributed by atoms with van der Waals surface area (Å²) in [5.74, 6) is -0.993. The zero-order valence-corrected chi connectivity index (χ0v) is 12.1. The lowest BCUT2D eigenvalue weighted by molar-refractivity contribution is -0.132. The molecule has 0 unspecified atom stereocenters. The van der Waals surface area contributed by atoms with Crippen LogP contribution in [0.25, 0.3) is 11.7 Å². The molecule has 6 nitrogen and oxygen atoms in total. The van der Waals surface area contributed by atoms with Crippen molar-refractivity contribution in [1.82, 2.24) is 9.38 Å². The molecule has 0 amide bonds.